The third kappa shape index (κ3) is 4.56. The molecule has 0 spiro atoms. The van der Waals surface area contributed by atoms with E-state index in [-0.39, 0.29) is 10.8 Å². The third-order valence-electron chi connectivity index (χ3n) is 13.3. The maximum absolute atomic E-state index is 12.3. The number of hydrogen-bond donors (Lipinski definition) is 0. The Morgan fingerprint density at radius 2 is 1.21 bits per heavy atom. The molecule has 3 fully saturated rings. The van der Waals surface area contributed by atoms with E-state index < -0.39 is 0 Å². The van der Waals surface area contributed by atoms with Crippen LogP contribution < -0.4 is 9.47 Å². The van der Waals surface area contributed by atoms with Gasteiger partial charge in [0.15, 0.2) is 0 Å². The molecule has 0 bridgehead atoms. The summed E-state index contributed by atoms with van der Waals surface area (Å²) in [6, 6.07) is 13.3. The molecular weight excluding hydrogens is 532 g/mol. The van der Waals surface area contributed by atoms with E-state index in [0.29, 0.717) is 17.6 Å². The van der Waals surface area contributed by atoms with Crippen LogP contribution in [0.3, 0.4) is 0 Å². The van der Waals surface area contributed by atoms with Gasteiger partial charge in [0.05, 0.1) is 27.1 Å². The van der Waals surface area contributed by atoms with Crippen LogP contribution in [0.15, 0.2) is 48.2 Å². The van der Waals surface area contributed by atoms with Crippen molar-refractivity contribution in [3.05, 3.63) is 70.5 Å². The minimum Gasteiger partial charge on any atom is -0.501 e. The molecule has 0 aromatic heterocycles. The van der Waals surface area contributed by atoms with Gasteiger partial charge >= 0.3 is 0 Å². The van der Waals surface area contributed by atoms with Crippen molar-refractivity contribution in [2.75, 3.05) is 21.3 Å². The van der Waals surface area contributed by atoms with Gasteiger partial charge in [-0.1, -0.05) is 26.0 Å². The summed E-state index contributed by atoms with van der Waals surface area (Å²) in [6.45, 7) is 4.67. The van der Waals surface area contributed by atoms with Gasteiger partial charge in [-0.15, -0.1) is 0 Å². The van der Waals surface area contributed by atoms with E-state index in [1.165, 1.54) is 67.4 Å². The third-order valence-corrected chi connectivity index (χ3v) is 13.3. The van der Waals surface area contributed by atoms with Crippen molar-refractivity contribution in [1.29, 1.82) is 0 Å². The molecule has 3 saturated carbocycles. The van der Waals surface area contributed by atoms with Crippen molar-refractivity contribution in [3.63, 3.8) is 0 Å². The summed E-state index contributed by atoms with van der Waals surface area (Å²) in [6.07, 6.45) is 15.2. The minimum atomic E-state index is -0.00879. The molecule has 4 nitrogen and oxygen atoms in total. The Balaban J connectivity index is 0.000000140. The summed E-state index contributed by atoms with van der Waals surface area (Å²) < 4.78 is 16.5. The van der Waals surface area contributed by atoms with Crippen LogP contribution >= 0.6 is 0 Å². The molecule has 0 aliphatic heterocycles. The molecule has 2 aromatic rings. The molecule has 0 radical (unpaired) electrons. The molecule has 2 aromatic carbocycles. The van der Waals surface area contributed by atoms with Crippen molar-refractivity contribution in [2.24, 2.45) is 34.5 Å². The Morgan fingerprint density at radius 3 is 1.77 bits per heavy atom. The van der Waals surface area contributed by atoms with Crippen molar-refractivity contribution >= 4 is 5.78 Å². The average Bonchev–Trinajstić information content (AvgIpc) is 3.55. The predicted octanol–water partition coefficient (Wildman–Crippen LogP) is 8.81. The van der Waals surface area contributed by atoms with E-state index in [0.717, 1.165) is 60.9 Å². The first-order valence-corrected chi connectivity index (χ1v) is 16.9. The number of aryl methyl sites for hydroxylation is 2. The molecule has 8 rings (SSSR count). The van der Waals surface area contributed by atoms with Crippen LogP contribution in [0.4, 0.5) is 0 Å². The highest BCUT2D eigenvalue weighted by molar-refractivity contribution is 5.87. The van der Waals surface area contributed by atoms with Gasteiger partial charge in [0.25, 0.3) is 0 Å². The number of ketones is 1. The molecule has 0 saturated heterocycles. The first-order valence-electron chi connectivity index (χ1n) is 16.9. The number of rotatable bonds is 3. The number of hydrogen-bond acceptors (Lipinski definition) is 4. The Kier molecular flexibility index (Phi) is 7.42. The molecule has 6 aliphatic carbocycles. The lowest BCUT2D eigenvalue weighted by atomic mass is 9.55. The molecule has 0 N–H and O–H groups in total. The van der Waals surface area contributed by atoms with E-state index in [2.05, 4.69) is 56.3 Å². The van der Waals surface area contributed by atoms with E-state index in [1.807, 2.05) is 7.11 Å². The molecule has 43 heavy (non-hydrogen) atoms. The SMILES string of the molecule is COC1=CCC2C3CCc4cc(OC)ccc4C3CC[C@]12C.COc1ccc2c(c1)CCC1C2CC[C@]2(C)C(=O)CCC12. The standard InChI is InChI=1S/C20H26O2.C19H24O2/c1-20-11-10-16-15-7-5-14(21-2)12-13(15)4-6-17(16)18(20)8-9-19(20)22-3;1-19-10-9-15-14-6-4-13(21-2)11-12(14)3-5-16(15)17(19)7-8-18(19)20/h5,7,9,12,16-18H,4,6,8,10-11H2,1-3H3;4,6,11,15-17H,3,5,7-10H2,1-2H3/t16?,17?,18?,20-;15?,16?,17?,19-/m00/s1. The van der Waals surface area contributed by atoms with Gasteiger partial charge in [0, 0.05) is 17.3 Å². The van der Waals surface area contributed by atoms with Gasteiger partial charge in [-0.3, -0.25) is 4.79 Å². The fraction of sp³-hybridized carbons (Fsp3) is 0.615. The second-order valence-electron chi connectivity index (χ2n) is 14.8. The van der Waals surface area contributed by atoms with Gasteiger partial charge in [0.2, 0.25) is 0 Å². The molecule has 0 heterocycles. The fourth-order valence-corrected chi connectivity index (χ4v) is 11.0. The molecular formula is C39H50O4. The lowest BCUT2D eigenvalue weighted by molar-refractivity contribution is -0.129. The number of allylic oxidation sites excluding steroid dienone is 2. The van der Waals surface area contributed by atoms with Crippen LogP contribution in [0.5, 0.6) is 11.5 Å². The maximum Gasteiger partial charge on any atom is 0.139 e. The van der Waals surface area contributed by atoms with Crippen LogP contribution in [0.1, 0.15) is 106 Å². The average molecular weight is 583 g/mol. The Labute approximate surface area is 258 Å². The minimum absolute atomic E-state index is 0.00879. The second kappa shape index (κ2) is 11.0. The molecule has 8 atom stereocenters. The summed E-state index contributed by atoms with van der Waals surface area (Å²) in [5.41, 5.74) is 6.38. The van der Waals surface area contributed by atoms with E-state index in [9.17, 15) is 4.79 Å². The number of carbonyl (C=O) groups is 1. The first-order chi connectivity index (χ1) is 20.8. The van der Waals surface area contributed by atoms with E-state index in [1.54, 1.807) is 19.8 Å². The van der Waals surface area contributed by atoms with Crippen LogP contribution in [0.25, 0.3) is 0 Å². The monoisotopic (exact) mass is 582 g/mol. The maximum atomic E-state index is 12.3. The molecule has 6 unspecified atom stereocenters. The van der Waals surface area contributed by atoms with Crippen LogP contribution in [0, 0.1) is 34.5 Å². The van der Waals surface area contributed by atoms with Gasteiger partial charge in [-0.05, 0) is 152 Å². The fourth-order valence-electron chi connectivity index (χ4n) is 11.0. The quantitative estimate of drug-likeness (QED) is 0.363. The lowest BCUT2D eigenvalue weighted by Gasteiger charge is -2.49. The van der Waals surface area contributed by atoms with Crippen LogP contribution in [-0.4, -0.2) is 27.1 Å². The predicted molar refractivity (Wildman–Crippen MR) is 171 cm³/mol. The Bertz CT molecular complexity index is 1420. The van der Waals surface area contributed by atoms with Crippen molar-refractivity contribution < 1.29 is 19.0 Å². The summed E-state index contributed by atoms with van der Waals surface area (Å²) in [4.78, 5) is 12.3. The number of methoxy groups -OCH3 is 3. The van der Waals surface area contributed by atoms with Crippen molar-refractivity contribution in [3.8, 4) is 11.5 Å². The lowest BCUT2D eigenvalue weighted by Crippen LogP contribution is -2.42. The van der Waals surface area contributed by atoms with Crippen LogP contribution in [0.2, 0.25) is 0 Å². The number of ether oxygens (including phenoxy) is 3. The number of carbonyl (C=O) groups excluding carboxylic acids is 1. The highest BCUT2D eigenvalue weighted by Crippen LogP contribution is 2.62. The zero-order chi connectivity index (χ0) is 29.9. The molecule has 4 heteroatoms. The highest BCUT2D eigenvalue weighted by atomic mass is 16.5. The molecule has 6 aliphatic rings. The first kappa shape index (κ1) is 29.0. The van der Waals surface area contributed by atoms with Crippen LogP contribution in [-0.2, 0) is 22.4 Å². The number of benzene rings is 2. The highest BCUT2D eigenvalue weighted by Gasteiger charge is 2.55. The number of Topliss-reactive ketones (excluding diaryl/α,β-unsaturated/α-hetero) is 1. The van der Waals surface area contributed by atoms with Crippen molar-refractivity contribution in [1.82, 2.24) is 0 Å². The zero-order valence-electron chi connectivity index (χ0n) is 26.9. The van der Waals surface area contributed by atoms with E-state index >= 15 is 0 Å². The smallest absolute Gasteiger partial charge is 0.139 e. The number of fused-ring (bicyclic) bond motifs is 10. The van der Waals surface area contributed by atoms with Gasteiger partial charge in [0.1, 0.15) is 17.3 Å². The van der Waals surface area contributed by atoms with Gasteiger partial charge in [-0.2, -0.15) is 0 Å². The summed E-state index contributed by atoms with van der Waals surface area (Å²) >= 11 is 0. The second-order valence-corrected chi connectivity index (χ2v) is 14.8. The van der Waals surface area contributed by atoms with Crippen molar-refractivity contribution in [2.45, 2.75) is 96.3 Å². The zero-order valence-corrected chi connectivity index (χ0v) is 26.9. The summed E-state index contributed by atoms with van der Waals surface area (Å²) in [5.74, 6) is 8.07. The Hall–Kier alpha value is -2.75. The normalized spacial score (nSPS) is 36.8. The molecule has 230 valence electrons. The Morgan fingerprint density at radius 1 is 0.651 bits per heavy atom. The summed E-state index contributed by atoms with van der Waals surface area (Å²) in [7, 11) is 5.34. The van der Waals surface area contributed by atoms with Gasteiger partial charge in [-0.25, -0.2) is 0 Å². The molecule has 0 amide bonds. The largest absolute Gasteiger partial charge is 0.501 e. The van der Waals surface area contributed by atoms with Gasteiger partial charge < -0.3 is 14.2 Å². The topological polar surface area (TPSA) is 44.8 Å². The van der Waals surface area contributed by atoms with E-state index in [4.69, 9.17) is 14.2 Å². The summed E-state index contributed by atoms with van der Waals surface area (Å²) in [5, 5.41) is 0.